The lowest BCUT2D eigenvalue weighted by atomic mass is 9.83. The summed E-state index contributed by atoms with van der Waals surface area (Å²) < 4.78 is 5.62. The minimum absolute atomic E-state index is 0.650. The second kappa shape index (κ2) is 13.4. The second-order valence-electron chi connectivity index (χ2n) is 10.4. The fourth-order valence-corrected chi connectivity index (χ4v) is 5.49. The maximum absolute atomic E-state index is 5.62. The molecule has 4 nitrogen and oxygen atoms in total. The van der Waals surface area contributed by atoms with Crippen LogP contribution in [0.1, 0.15) is 49.9 Å². The maximum Gasteiger partial charge on any atom is 0.119 e. The van der Waals surface area contributed by atoms with Crippen molar-refractivity contribution in [3.8, 4) is 5.75 Å². The first-order valence-electron chi connectivity index (χ1n) is 15.1. The molecule has 0 aliphatic heterocycles. The average molecular weight is 556 g/mol. The fourth-order valence-electron chi connectivity index (χ4n) is 5.49. The zero-order valence-electron chi connectivity index (χ0n) is 25.5. The minimum Gasteiger partial charge on any atom is -0.494 e. The number of fused-ring (bicyclic) bond motifs is 1. The molecule has 42 heavy (non-hydrogen) atoms. The summed E-state index contributed by atoms with van der Waals surface area (Å²) in [6.07, 6.45) is 4.38. The summed E-state index contributed by atoms with van der Waals surface area (Å²) in [5, 5.41) is 0. The second-order valence-corrected chi connectivity index (χ2v) is 10.4. The highest BCUT2D eigenvalue weighted by Crippen LogP contribution is 2.38. The van der Waals surface area contributed by atoms with Crippen molar-refractivity contribution in [1.29, 1.82) is 0 Å². The Morgan fingerprint density at radius 2 is 1.24 bits per heavy atom. The van der Waals surface area contributed by atoms with E-state index in [0.717, 1.165) is 42.3 Å². The number of allylic oxidation sites excluding steroid dienone is 3. The van der Waals surface area contributed by atoms with Gasteiger partial charge >= 0.3 is 0 Å². The van der Waals surface area contributed by atoms with Crippen molar-refractivity contribution in [2.24, 2.45) is 4.99 Å². The van der Waals surface area contributed by atoms with Crippen molar-refractivity contribution in [2.75, 3.05) is 43.1 Å². The first kappa shape index (κ1) is 28.9. The van der Waals surface area contributed by atoms with Gasteiger partial charge in [-0.2, -0.15) is 0 Å². The first-order valence-corrected chi connectivity index (χ1v) is 15.1. The Morgan fingerprint density at radius 1 is 0.643 bits per heavy atom. The number of hydrogen-bond acceptors (Lipinski definition) is 4. The maximum atomic E-state index is 5.62. The van der Waals surface area contributed by atoms with Gasteiger partial charge in [0.25, 0.3) is 0 Å². The van der Waals surface area contributed by atoms with E-state index in [1.165, 1.54) is 39.2 Å². The highest BCUT2D eigenvalue weighted by Gasteiger charge is 2.20. The Hall–Kier alpha value is -4.57. The summed E-state index contributed by atoms with van der Waals surface area (Å²) in [6.45, 7) is 12.2. The number of rotatable bonds is 10. The van der Waals surface area contributed by atoms with Crippen molar-refractivity contribution in [2.45, 2.75) is 27.7 Å². The zero-order valence-corrected chi connectivity index (χ0v) is 25.5. The molecular weight excluding hydrogens is 514 g/mol. The highest BCUT2D eigenvalue weighted by molar-refractivity contribution is 6.19. The van der Waals surface area contributed by atoms with Crippen LogP contribution in [-0.2, 0) is 0 Å². The van der Waals surface area contributed by atoms with Crippen molar-refractivity contribution in [3.63, 3.8) is 0 Å². The van der Waals surface area contributed by atoms with Gasteiger partial charge in [-0.1, -0.05) is 54.6 Å². The molecule has 0 N–H and O–H groups in total. The van der Waals surface area contributed by atoms with Crippen LogP contribution in [0.2, 0.25) is 0 Å². The Bertz CT molecular complexity index is 1580. The molecule has 214 valence electrons. The minimum atomic E-state index is 0.650. The van der Waals surface area contributed by atoms with Crippen LogP contribution in [0.15, 0.2) is 114 Å². The normalized spacial score (nSPS) is 14.5. The van der Waals surface area contributed by atoms with E-state index in [1.54, 1.807) is 0 Å². The lowest BCUT2D eigenvalue weighted by molar-refractivity contribution is 0.340. The third kappa shape index (κ3) is 6.18. The molecule has 1 aliphatic rings. The molecule has 0 spiro atoms. The molecule has 0 aromatic heterocycles. The molecule has 5 rings (SSSR count). The topological polar surface area (TPSA) is 28.1 Å². The van der Waals surface area contributed by atoms with Crippen LogP contribution in [-0.4, -0.2) is 39.0 Å². The standard InChI is InChI=1S/C38H41N3O/c1-6-40(5)31-20-14-28(15-21-31)38(29-16-22-32(23-17-29)41(7-2)8-3)36-26-27-37(35-13-11-10-12-34(35)36)39-30-18-24-33(25-19-30)42-9-4/h10-27H,6-9H2,1-5H3. The van der Waals surface area contributed by atoms with E-state index >= 15 is 0 Å². The summed E-state index contributed by atoms with van der Waals surface area (Å²) in [7, 11) is 2.13. The number of anilines is 2. The predicted octanol–water partition coefficient (Wildman–Crippen LogP) is 9.04. The van der Waals surface area contributed by atoms with Crippen LogP contribution in [0.5, 0.6) is 5.75 Å². The molecule has 0 saturated heterocycles. The Kier molecular flexibility index (Phi) is 9.23. The number of nitrogens with zero attached hydrogens (tertiary/aromatic N) is 3. The van der Waals surface area contributed by atoms with E-state index in [-0.39, 0.29) is 0 Å². The van der Waals surface area contributed by atoms with Gasteiger partial charge in [0.15, 0.2) is 0 Å². The van der Waals surface area contributed by atoms with Gasteiger partial charge in [0.05, 0.1) is 18.0 Å². The molecule has 0 bridgehead atoms. The van der Waals surface area contributed by atoms with Crippen LogP contribution in [0.4, 0.5) is 17.1 Å². The summed E-state index contributed by atoms with van der Waals surface area (Å²) in [5.41, 5.74) is 11.4. The number of benzene rings is 4. The monoisotopic (exact) mass is 555 g/mol. The Labute approximate surface area is 251 Å². The van der Waals surface area contributed by atoms with Crippen LogP contribution in [0.3, 0.4) is 0 Å². The van der Waals surface area contributed by atoms with Crippen LogP contribution in [0.25, 0.3) is 11.1 Å². The summed E-state index contributed by atoms with van der Waals surface area (Å²) in [6, 6.07) is 34.6. The van der Waals surface area contributed by atoms with E-state index in [2.05, 4.69) is 123 Å². The van der Waals surface area contributed by atoms with Crippen molar-refractivity contribution >= 4 is 33.9 Å². The highest BCUT2D eigenvalue weighted by atomic mass is 16.5. The lowest BCUT2D eigenvalue weighted by Crippen LogP contribution is -2.21. The van der Waals surface area contributed by atoms with Gasteiger partial charge in [-0.15, -0.1) is 0 Å². The summed E-state index contributed by atoms with van der Waals surface area (Å²) in [4.78, 5) is 9.67. The molecule has 4 aromatic carbocycles. The molecule has 0 radical (unpaired) electrons. The van der Waals surface area contributed by atoms with Crippen molar-refractivity contribution < 1.29 is 4.74 Å². The van der Waals surface area contributed by atoms with Crippen LogP contribution < -0.4 is 14.5 Å². The van der Waals surface area contributed by atoms with Gasteiger partial charge < -0.3 is 14.5 Å². The van der Waals surface area contributed by atoms with Gasteiger partial charge in [-0.05, 0) is 110 Å². The quantitative estimate of drug-likeness (QED) is 0.195. The molecule has 0 unspecified atom stereocenters. The molecule has 0 atom stereocenters. The Morgan fingerprint density at radius 3 is 1.81 bits per heavy atom. The molecule has 0 amide bonds. The average Bonchev–Trinajstić information content (AvgIpc) is 3.04. The molecule has 4 aromatic rings. The van der Waals surface area contributed by atoms with Gasteiger partial charge in [0.1, 0.15) is 5.75 Å². The summed E-state index contributed by atoms with van der Waals surface area (Å²) >= 11 is 0. The molecule has 0 saturated carbocycles. The van der Waals surface area contributed by atoms with Gasteiger partial charge in [-0.25, -0.2) is 4.99 Å². The molecule has 1 aliphatic carbocycles. The fraction of sp³-hybridized carbons (Fsp3) is 0.237. The molecule has 0 heterocycles. The van der Waals surface area contributed by atoms with Gasteiger partial charge in [0, 0.05) is 43.6 Å². The van der Waals surface area contributed by atoms with E-state index < -0.39 is 0 Å². The zero-order chi connectivity index (χ0) is 29.5. The number of hydrogen-bond donors (Lipinski definition) is 0. The summed E-state index contributed by atoms with van der Waals surface area (Å²) in [5.74, 6) is 0.860. The first-order chi connectivity index (χ1) is 20.6. The van der Waals surface area contributed by atoms with Gasteiger partial charge in [0.2, 0.25) is 0 Å². The van der Waals surface area contributed by atoms with E-state index in [4.69, 9.17) is 9.73 Å². The molecule has 4 heteroatoms. The third-order valence-corrected chi connectivity index (χ3v) is 7.92. The van der Waals surface area contributed by atoms with Crippen LogP contribution >= 0.6 is 0 Å². The molecular formula is C38H41N3O. The lowest BCUT2D eigenvalue weighted by Gasteiger charge is -2.24. The third-order valence-electron chi connectivity index (χ3n) is 7.92. The smallest absolute Gasteiger partial charge is 0.119 e. The molecule has 0 fully saturated rings. The largest absolute Gasteiger partial charge is 0.494 e. The number of aliphatic imine (C=N–C) groups is 1. The number of ether oxygens (including phenoxy) is 1. The van der Waals surface area contributed by atoms with Crippen molar-refractivity contribution in [3.05, 3.63) is 131 Å². The Balaban J connectivity index is 1.64. The van der Waals surface area contributed by atoms with E-state index in [1.807, 2.05) is 31.2 Å². The van der Waals surface area contributed by atoms with Crippen molar-refractivity contribution in [1.82, 2.24) is 0 Å². The van der Waals surface area contributed by atoms with Gasteiger partial charge in [-0.3, -0.25) is 0 Å². The van der Waals surface area contributed by atoms with E-state index in [9.17, 15) is 0 Å². The predicted molar refractivity (Wildman–Crippen MR) is 181 cm³/mol. The SMILES string of the molecule is CCOc1ccc(N=C2C=CC(=C(c3ccc(N(C)CC)cc3)c3ccc(N(CC)CC)cc3)c3ccccc32)cc1. The van der Waals surface area contributed by atoms with Crippen LogP contribution in [0, 0.1) is 0 Å². The van der Waals surface area contributed by atoms with E-state index in [0.29, 0.717) is 6.61 Å².